The number of methoxy groups -OCH3 is 1. The van der Waals surface area contributed by atoms with Crippen LogP contribution in [0.3, 0.4) is 0 Å². The van der Waals surface area contributed by atoms with Crippen LogP contribution in [-0.4, -0.2) is 28.8 Å². The van der Waals surface area contributed by atoms with E-state index < -0.39 is 35.4 Å². The predicted octanol–water partition coefficient (Wildman–Crippen LogP) is 4.90. The SMILES string of the molecule is COC(=O)c1ccc([C@H](C)NC(=O)c2c(C(F)(F)F)nn(C)c2OC2=CCCC(Cl)=C2)cc1. The number of ether oxygens (including phenoxy) is 2. The Morgan fingerprint density at radius 2 is 1.91 bits per heavy atom. The van der Waals surface area contributed by atoms with Gasteiger partial charge in [-0.25, -0.2) is 9.48 Å². The van der Waals surface area contributed by atoms with Gasteiger partial charge >= 0.3 is 12.1 Å². The Morgan fingerprint density at radius 3 is 2.48 bits per heavy atom. The largest absolute Gasteiger partial charge is 0.465 e. The second-order valence-electron chi connectivity index (χ2n) is 7.30. The highest BCUT2D eigenvalue weighted by molar-refractivity contribution is 6.29. The average molecular weight is 484 g/mol. The number of rotatable bonds is 6. The number of halogens is 4. The molecule has 0 saturated carbocycles. The molecule has 0 unspecified atom stereocenters. The van der Waals surface area contributed by atoms with Crippen molar-refractivity contribution in [1.29, 1.82) is 0 Å². The molecule has 0 saturated heterocycles. The number of nitrogens with zero attached hydrogens (tertiary/aromatic N) is 2. The van der Waals surface area contributed by atoms with E-state index in [1.165, 1.54) is 32.4 Å². The van der Waals surface area contributed by atoms with Crippen molar-refractivity contribution < 1.29 is 32.2 Å². The average Bonchev–Trinajstić information content (AvgIpc) is 3.10. The number of nitrogens with one attached hydrogen (secondary N) is 1. The quantitative estimate of drug-likeness (QED) is 0.591. The van der Waals surface area contributed by atoms with E-state index in [0.717, 1.165) is 4.68 Å². The second kappa shape index (κ2) is 9.70. The van der Waals surface area contributed by atoms with Crippen LogP contribution in [0, 0.1) is 0 Å². The molecular formula is C22H21ClF3N3O4. The summed E-state index contributed by atoms with van der Waals surface area (Å²) < 4.78 is 52.1. The molecule has 1 amide bonds. The van der Waals surface area contributed by atoms with Crippen LogP contribution >= 0.6 is 11.6 Å². The van der Waals surface area contributed by atoms with E-state index in [1.807, 2.05) is 0 Å². The Labute approximate surface area is 192 Å². The summed E-state index contributed by atoms with van der Waals surface area (Å²) in [5.74, 6) is -1.68. The molecule has 1 atom stereocenters. The summed E-state index contributed by atoms with van der Waals surface area (Å²) in [6.07, 6.45) is -0.592. The molecule has 1 aliphatic rings. The minimum Gasteiger partial charge on any atom is -0.465 e. The van der Waals surface area contributed by atoms with E-state index in [0.29, 0.717) is 29.0 Å². The van der Waals surface area contributed by atoms with Crippen LogP contribution < -0.4 is 10.1 Å². The molecule has 0 radical (unpaired) electrons. The summed E-state index contributed by atoms with van der Waals surface area (Å²) in [5.41, 5.74) is -1.23. The number of hydrogen-bond donors (Lipinski definition) is 1. The minimum atomic E-state index is -4.88. The Balaban J connectivity index is 1.90. The topological polar surface area (TPSA) is 82.5 Å². The molecule has 3 rings (SSSR count). The van der Waals surface area contributed by atoms with Crippen molar-refractivity contribution in [3.8, 4) is 5.88 Å². The molecule has 0 aliphatic heterocycles. The third-order valence-corrected chi connectivity index (χ3v) is 5.21. The first-order chi connectivity index (χ1) is 15.5. The lowest BCUT2D eigenvalue weighted by Gasteiger charge is -2.17. The van der Waals surface area contributed by atoms with Crippen molar-refractivity contribution >= 4 is 23.5 Å². The van der Waals surface area contributed by atoms with Crippen LogP contribution in [-0.2, 0) is 18.0 Å². The summed E-state index contributed by atoms with van der Waals surface area (Å²) in [6.45, 7) is 1.60. The number of amides is 1. The van der Waals surface area contributed by atoms with Crippen LogP contribution in [0.5, 0.6) is 5.88 Å². The molecule has 2 aromatic rings. The van der Waals surface area contributed by atoms with Gasteiger partial charge in [-0.1, -0.05) is 23.7 Å². The van der Waals surface area contributed by atoms with Gasteiger partial charge in [0.15, 0.2) is 5.69 Å². The van der Waals surface area contributed by atoms with Crippen molar-refractivity contribution in [1.82, 2.24) is 15.1 Å². The molecule has 0 spiro atoms. The number of allylic oxidation sites excluding steroid dienone is 3. The molecule has 1 aliphatic carbocycles. The molecule has 1 heterocycles. The molecule has 1 N–H and O–H groups in total. The van der Waals surface area contributed by atoms with Gasteiger partial charge in [0.1, 0.15) is 11.3 Å². The Kier molecular flexibility index (Phi) is 7.16. The van der Waals surface area contributed by atoms with E-state index in [2.05, 4.69) is 15.2 Å². The zero-order valence-electron chi connectivity index (χ0n) is 18.0. The Hall–Kier alpha value is -3.27. The number of alkyl halides is 3. The Bertz CT molecular complexity index is 1120. The normalized spacial score (nSPS) is 14.8. The molecule has 0 fully saturated rings. The number of esters is 1. The van der Waals surface area contributed by atoms with Crippen LogP contribution in [0.2, 0.25) is 0 Å². The van der Waals surface area contributed by atoms with Crippen molar-refractivity contribution in [2.75, 3.05) is 7.11 Å². The maximum absolute atomic E-state index is 13.7. The number of hydrogen-bond acceptors (Lipinski definition) is 5. The van der Waals surface area contributed by atoms with Crippen molar-refractivity contribution in [2.45, 2.75) is 32.0 Å². The Morgan fingerprint density at radius 1 is 1.24 bits per heavy atom. The van der Waals surface area contributed by atoms with Crippen LogP contribution in [0.4, 0.5) is 13.2 Å². The molecule has 1 aromatic heterocycles. The fourth-order valence-corrected chi connectivity index (χ4v) is 3.44. The van der Waals surface area contributed by atoms with Crippen LogP contribution in [0.1, 0.15) is 57.8 Å². The van der Waals surface area contributed by atoms with Gasteiger partial charge in [0.2, 0.25) is 5.88 Å². The van der Waals surface area contributed by atoms with Crippen LogP contribution in [0.25, 0.3) is 0 Å². The van der Waals surface area contributed by atoms with Crippen molar-refractivity contribution in [3.63, 3.8) is 0 Å². The maximum atomic E-state index is 13.7. The molecule has 0 bridgehead atoms. The minimum absolute atomic E-state index is 0.225. The smallest absolute Gasteiger partial charge is 0.436 e. The molecule has 176 valence electrons. The fourth-order valence-electron chi connectivity index (χ4n) is 3.23. The summed E-state index contributed by atoms with van der Waals surface area (Å²) in [7, 11) is 2.50. The summed E-state index contributed by atoms with van der Waals surface area (Å²) >= 11 is 6.00. The summed E-state index contributed by atoms with van der Waals surface area (Å²) in [5, 5.41) is 6.51. The summed E-state index contributed by atoms with van der Waals surface area (Å²) in [4.78, 5) is 24.6. The standard InChI is InChI=1S/C22H21ClF3N3O4/c1-12(13-7-9-14(10-8-13)21(31)32-3)27-19(30)17-18(22(24,25)26)28-29(2)20(17)33-16-6-4-5-15(23)11-16/h6-12H,4-5H2,1-3H3,(H,27,30)/t12-/m0/s1. The third kappa shape index (κ3) is 5.57. The summed E-state index contributed by atoms with van der Waals surface area (Å²) in [6, 6.07) is 5.45. The van der Waals surface area contributed by atoms with Gasteiger partial charge < -0.3 is 14.8 Å². The first kappa shape index (κ1) is 24.4. The number of aromatic nitrogens is 2. The monoisotopic (exact) mass is 483 g/mol. The molecular weight excluding hydrogens is 463 g/mol. The second-order valence-corrected chi connectivity index (χ2v) is 7.78. The molecule has 7 nitrogen and oxygen atoms in total. The van der Waals surface area contributed by atoms with Gasteiger partial charge in [-0.2, -0.15) is 18.3 Å². The highest BCUT2D eigenvalue weighted by Gasteiger charge is 2.42. The number of carbonyl (C=O) groups is 2. The first-order valence-electron chi connectivity index (χ1n) is 9.88. The highest BCUT2D eigenvalue weighted by Crippen LogP contribution is 2.37. The number of aryl methyl sites for hydroxylation is 1. The van der Waals surface area contributed by atoms with Crippen molar-refractivity contribution in [3.05, 3.63) is 69.6 Å². The van der Waals surface area contributed by atoms with Gasteiger partial charge in [-0.15, -0.1) is 0 Å². The lowest BCUT2D eigenvalue weighted by molar-refractivity contribution is -0.141. The van der Waals surface area contributed by atoms with Crippen LogP contribution in [0.15, 0.2) is 47.2 Å². The van der Waals surface area contributed by atoms with Gasteiger partial charge in [-0.3, -0.25) is 4.79 Å². The zero-order valence-corrected chi connectivity index (χ0v) is 18.8. The van der Waals surface area contributed by atoms with E-state index in [-0.39, 0.29) is 11.6 Å². The molecule has 11 heteroatoms. The first-order valence-corrected chi connectivity index (χ1v) is 10.3. The van der Waals surface area contributed by atoms with Gasteiger partial charge in [0.25, 0.3) is 5.91 Å². The van der Waals surface area contributed by atoms with E-state index in [9.17, 15) is 22.8 Å². The third-order valence-electron chi connectivity index (χ3n) is 4.91. The van der Waals surface area contributed by atoms with Gasteiger partial charge in [0, 0.05) is 12.1 Å². The maximum Gasteiger partial charge on any atom is 0.436 e. The van der Waals surface area contributed by atoms with E-state index >= 15 is 0 Å². The lowest BCUT2D eigenvalue weighted by atomic mass is 10.1. The van der Waals surface area contributed by atoms with E-state index in [1.54, 1.807) is 25.1 Å². The number of benzene rings is 1. The van der Waals surface area contributed by atoms with Crippen molar-refractivity contribution in [2.24, 2.45) is 7.05 Å². The lowest BCUT2D eigenvalue weighted by Crippen LogP contribution is -2.29. The predicted molar refractivity (Wildman–Crippen MR) is 114 cm³/mol. The van der Waals surface area contributed by atoms with Gasteiger partial charge in [0.05, 0.1) is 18.7 Å². The fraction of sp³-hybridized carbons (Fsp3) is 0.318. The van der Waals surface area contributed by atoms with E-state index in [4.69, 9.17) is 16.3 Å². The molecule has 1 aromatic carbocycles. The highest BCUT2D eigenvalue weighted by atomic mass is 35.5. The van der Waals surface area contributed by atoms with Gasteiger partial charge in [-0.05, 0) is 49.6 Å². The number of carbonyl (C=O) groups excluding carboxylic acids is 2. The zero-order chi connectivity index (χ0) is 24.3. The molecule has 33 heavy (non-hydrogen) atoms.